The first kappa shape index (κ1) is 26.4. The standard InChI is InChI=1S/C38H30BN3O3/c1-37(2)38(3,4)45-39(44-37)24-18-19-26-25-11-6-9-15-31(25)42(32(26)22-24)36-40-30-14-8-5-13-28(30)35(41-36)23-17-20-34-29(21-23)27-12-7-10-16-33(27)43-34/h5-22H,1-4H3. The maximum atomic E-state index is 6.44. The van der Waals surface area contributed by atoms with Crippen LogP contribution in [0.15, 0.2) is 114 Å². The number of nitrogens with zero attached hydrogens (tertiary/aromatic N) is 3. The van der Waals surface area contributed by atoms with E-state index in [-0.39, 0.29) is 0 Å². The molecule has 3 aromatic heterocycles. The summed E-state index contributed by atoms with van der Waals surface area (Å²) in [5.74, 6) is 0.609. The van der Waals surface area contributed by atoms with Gasteiger partial charge in [-0.15, -0.1) is 0 Å². The van der Waals surface area contributed by atoms with E-state index in [1.54, 1.807) is 0 Å². The second-order valence-corrected chi connectivity index (χ2v) is 12.9. The Hall–Kier alpha value is -4.98. The summed E-state index contributed by atoms with van der Waals surface area (Å²) in [6.45, 7) is 8.32. The Labute approximate surface area is 260 Å². The summed E-state index contributed by atoms with van der Waals surface area (Å²) in [7, 11) is -0.476. The molecular formula is C38H30BN3O3. The van der Waals surface area contributed by atoms with Crippen molar-refractivity contribution in [3.63, 3.8) is 0 Å². The lowest BCUT2D eigenvalue weighted by Crippen LogP contribution is -2.41. The van der Waals surface area contributed by atoms with Crippen molar-refractivity contribution in [3.8, 4) is 17.2 Å². The fourth-order valence-electron chi connectivity index (χ4n) is 6.59. The first-order valence-electron chi connectivity index (χ1n) is 15.3. The summed E-state index contributed by atoms with van der Waals surface area (Å²) in [5.41, 5.74) is 6.62. The SMILES string of the molecule is CC1(C)OB(c2ccc3c4ccccc4n(-c4nc(-c5ccc6oc7ccccc7c6c5)c5ccccc5n4)c3c2)OC1(C)C. The minimum Gasteiger partial charge on any atom is -0.456 e. The first-order valence-corrected chi connectivity index (χ1v) is 15.3. The van der Waals surface area contributed by atoms with E-state index in [0.29, 0.717) is 5.95 Å². The third kappa shape index (κ3) is 3.91. The van der Waals surface area contributed by atoms with Gasteiger partial charge in [-0.05, 0) is 75.6 Å². The molecule has 0 atom stereocenters. The molecule has 0 bridgehead atoms. The molecule has 1 fully saturated rings. The monoisotopic (exact) mass is 587 g/mol. The van der Waals surface area contributed by atoms with Crippen LogP contribution < -0.4 is 5.46 Å². The van der Waals surface area contributed by atoms with Gasteiger partial charge in [-0.3, -0.25) is 4.57 Å². The van der Waals surface area contributed by atoms with E-state index in [1.807, 2.05) is 36.4 Å². The van der Waals surface area contributed by atoms with Crippen molar-refractivity contribution >= 4 is 67.2 Å². The number of hydrogen-bond acceptors (Lipinski definition) is 5. The molecule has 0 N–H and O–H groups in total. The highest BCUT2D eigenvalue weighted by Crippen LogP contribution is 2.38. The zero-order valence-electron chi connectivity index (χ0n) is 25.5. The van der Waals surface area contributed by atoms with Crippen molar-refractivity contribution in [3.05, 3.63) is 109 Å². The van der Waals surface area contributed by atoms with Crippen LogP contribution in [0.4, 0.5) is 0 Å². The topological polar surface area (TPSA) is 62.3 Å². The van der Waals surface area contributed by atoms with Crippen molar-refractivity contribution in [2.75, 3.05) is 0 Å². The number of benzene rings is 5. The van der Waals surface area contributed by atoms with Crippen LogP contribution in [0.3, 0.4) is 0 Å². The van der Waals surface area contributed by atoms with Crippen molar-refractivity contribution in [2.24, 2.45) is 0 Å². The fourth-order valence-corrected chi connectivity index (χ4v) is 6.59. The number of furan rings is 1. The molecule has 1 saturated heterocycles. The average molecular weight is 587 g/mol. The third-order valence-electron chi connectivity index (χ3n) is 9.66. The Kier molecular flexibility index (Phi) is 5.44. The van der Waals surface area contributed by atoms with Crippen molar-refractivity contribution < 1.29 is 13.7 Å². The van der Waals surface area contributed by atoms with Gasteiger partial charge in [0.25, 0.3) is 0 Å². The van der Waals surface area contributed by atoms with Gasteiger partial charge < -0.3 is 13.7 Å². The Morgan fingerprint density at radius 2 is 1.24 bits per heavy atom. The van der Waals surface area contributed by atoms with E-state index < -0.39 is 18.3 Å². The van der Waals surface area contributed by atoms with Gasteiger partial charge in [0.15, 0.2) is 0 Å². The molecule has 0 unspecified atom stereocenters. The second kappa shape index (κ2) is 9.27. The predicted molar refractivity (Wildman–Crippen MR) is 182 cm³/mol. The molecule has 6 nitrogen and oxygen atoms in total. The maximum absolute atomic E-state index is 6.44. The smallest absolute Gasteiger partial charge is 0.456 e. The van der Waals surface area contributed by atoms with Gasteiger partial charge >= 0.3 is 7.12 Å². The van der Waals surface area contributed by atoms with Crippen molar-refractivity contribution in [2.45, 2.75) is 38.9 Å². The van der Waals surface area contributed by atoms with Gasteiger partial charge in [0.1, 0.15) is 11.2 Å². The van der Waals surface area contributed by atoms with Crippen molar-refractivity contribution in [1.29, 1.82) is 0 Å². The largest absolute Gasteiger partial charge is 0.494 e. The summed E-state index contributed by atoms with van der Waals surface area (Å²) in [4.78, 5) is 10.5. The molecule has 5 aromatic carbocycles. The van der Waals surface area contributed by atoms with Gasteiger partial charge in [0.05, 0.1) is 33.4 Å². The highest BCUT2D eigenvalue weighted by atomic mass is 16.7. The van der Waals surface area contributed by atoms with Gasteiger partial charge in [-0.2, -0.15) is 0 Å². The molecule has 0 amide bonds. The van der Waals surface area contributed by atoms with Crippen LogP contribution in [-0.4, -0.2) is 32.9 Å². The summed E-state index contributed by atoms with van der Waals surface area (Å²) < 4.78 is 21.2. The molecule has 7 heteroatoms. The van der Waals surface area contributed by atoms with Crippen LogP contribution in [0, 0.1) is 0 Å². The third-order valence-corrected chi connectivity index (χ3v) is 9.66. The number of rotatable bonds is 3. The zero-order chi connectivity index (χ0) is 30.5. The Morgan fingerprint density at radius 1 is 0.578 bits per heavy atom. The van der Waals surface area contributed by atoms with E-state index in [2.05, 4.69) is 105 Å². The number of aromatic nitrogens is 3. The van der Waals surface area contributed by atoms with Crippen LogP contribution >= 0.6 is 0 Å². The van der Waals surface area contributed by atoms with Crippen molar-refractivity contribution in [1.82, 2.24) is 14.5 Å². The summed E-state index contributed by atoms with van der Waals surface area (Å²) in [5, 5.41) is 5.40. The number of para-hydroxylation sites is 3. The zero-order valence-corrected chi connectivity index (χ0v) is 25.5. The predicted octanol–water partition coefficient (Wildman–Crippen LogP) is 8.59. The molecule has 4 heterocycles. The molecule has 0 saturated carbocycles. The summed E-state index contributed by atoms with van der Waals surface area (Å²) in [6.07, 6.45) is 0. The summed E-state index contributed by atoms with van der Waals surface area (Å²) >= 11 is 0. The molecule has 9 rings (SSSR count). The van der Waals surface area contributed by atoms with Gasteiger partial charge in [-0.1, -0.05) is 66.7 Å². The van der Waals surface area contributed by atoms with E-state index in [4.69, 9.17) is 23.7 Å². The normalized spacial score (nSPS) is 16.1. The van der Waals surface area contributed by atoms with Gasteiger partial charge in [0, 0.05) is 32.5 Å². The lowest BCUT2D eigenvalue weighted by atomic mass is 9.79. The second-order valence-electron chi connectivity index (χ2n) is 12.9. The molecule has 1 aliphatic rings. The van der Waals surface area contributed by atoms with E-state index in [9.17, 15) is 0 Å². The van der Waals surface area contributed by atoms with E-state index in [0.717, 1.165) is 71.4 Å². The van der Waals surface area contributed by atoms with Crippen LogP contribution in [0.2, 0.25) is 0 Å². The first-order chi connectivity index (χ1) is 21.8. The van der Waals surface area contributed by atoms with Crippen LogP contribution in [0.25, 0.3) is 71.9 Å². The van der Waals surface area contributed by atoms with Crippen LogP contribution in [0.1, 0.15) is 27.7 Å². The average Bonchev–Trinajstić information content (AvgIpc) is 3.65. The molecule has 8 aromatic rings. The molecule has 0 aliphatic carbocycles. The van der Waals surface area contributed by atoms with Crippen LogP contribution in [0.5, 0.6) is 0 Å². The number of fused-ring (bicyclic) bond motifs is 7. The van der Waals surface area contributed by atoms with Gasteiger partial charge in [0.2, 0.25) is 5.95 Å². The quantitative estimate of drug-likeness (QED) is 0.194. The highest BCUT2D eigenvalue weighted by Gasteiger charge is 2.51. The molecular weight excluding hydrogens is 557 g/mol. The molecule has 0 radical (unpaired) electrons. The number of hydrogen-bond donors (Lipinski definition) is 0. The minimum absolute atomic E-state index is 0.433. The maximum Gasteiger partial charge on any atom is 0.494 e. The minimum atomic E-state index is -0.476. The summed E-state index contributed by atoms with van der Waals surface area (Å²) in [6, 6.07) is 37.5. The van der Waals surface area contributed by atoms with Gasteiger partial charge in [-0.25, -0.2) is 9.97 Å². The molecule has 0 spiro atoms. The fraction of sp³-hybridized carbons (Fsp3) is 0.158. The highest BCUT2D eigenvalue weighted by molar-refractivity contribution is 6.62. The molecule has 218 valence electrons. The molecule has 45 heavy (non-hydrogen) atoms. The Bertz CT molecular complexity index is 2460. The van der Waals surface area contributed by atoms with E-state index >= 15 is 0 Å². The Morgan fingerprint density at radius 3 is 2.07 bits per heavy atom. The lowest BCUT2D eigenvalue weighted by Gasteiger charge is -2.32. The lowest BCUT2D eigenvalue weighted by molar-refractivity contribution is 0.00578. The van der Waals surface area contributed by atoms with E-state index in [1.165, 1.54) is 0 Å². The molecule has 1 aliphatic heterocycles. The van der Waals surface area contributed by atoms with Crippen LogP contribution in [-0.2, 0) is 9.31 Å². The Balaban J connectivity index is 1.29.